The maximum Gasteiger partial charge on any atom is 0.160 e. The Morgan fingerprint density at radius 3 is 0.993 bits per heavy atom. The van der Waals surface area contributed by atoms with Crippen molar-refractivity contribution < 1.29 is 8.83 Å². The first kappa shape index (κ1) is 80.1. The van der Waals surface area contributed by atoms with Gasteiger partial charge in [0.15, 0.2) is 17.5 Å². The Labute approximate surface area is 792 Å². The van der Waals surface area contributed by atoms with Gasteiger partial charge in [-0.3, -0.25) is 0 Å². The third-order valence-electron chi connectivity index (χ3n) is 26.7. The van der Waals surface area contributed by atoms with Crippen LogP contribution in [0.2, 0.25) is 0 Å². The van der Waals surface area contributed by atoms with Gasteiger partial charge >= 0.3 is 0 Å². The van der Waals surface area contributed by atoms with Crippen LogP contribution in [0.25, 0.3) is 255 Å². The van der Waals surface area contributed by atoms with Crippen LogP contribution in [0.5, 0.6) is 0 Å². The van der Waals surface area contributed by atoms with Gasteiger partial charge in [-0.05, 0) is 179 Å². The molecule has 0 fully saturated rings. The van der Waals surface area contributed by atoms with E-state index in [-0.39, 0.29) is 0 Å². The lowest BCUT2D eigenvalue weighted by Gasteiger charge is -2.11. The second kappa shape index (κ2) is 33.8. The van der Waals surface area contributed by atoms with E-state index in [1.807, 2.05) is 97.2 Å². The molecule has 0 radical (unpaired) electrons. The normalized spacial score (nSPS) is 11.6. The predicted molar refractivity (Wildman–Crippen MR) is 567 cm³/mol. The molecule has 0 aliphatic carbocycles. The largest absolute Gasteiger partial charge is 0.455 e. The van der Waals surface area contributed by atoms with Crippen LogP contribution >= 0.6 is 0 Å². The second-order valence-electron chi connectivity index (χ2n) is 34.8. The predicted octanol–water partition coefficient (Wildman–Crippen LogP) is 32.6. The molecule has 646 valence electrons. The Morgan fingerprint density at radius 1 is 0.167 bits per heavy atom. The van der Waals surface area contributed by atoms with Gasteiger partial charge in [-0.25, -0.2) is 29.9 Å². The van der Waals surface area contributed by atoms with Gasteiger partial charge < -0.3 is 27.1 Å². The first-order valence-electron chi connectivity index (χ1n) is 46.4. The van der Waals surface area contributed by atoms with Gasteiger partial charge in [0.2, 0.25) is 0 Å². The van der Waals surface area contributed by atoms with E-state index in [0.29, 0.717) is 11.6 Å². The Morgan fingerprint density at radius 2 is 0.507 bits per heavy atom. The van der Waals surface area contributed by atoms with Gasteiger partial charge in [0.1, 0.15) is 22.3 Å². The number of hydrogen-bond acceptors (Lipinski definition) is 8. The molecule has 12 heteroatoms. The molecule has 138 heavy (non-hydrogen) atoms. The highest BCUT2D eigenvalue weighted by molar-refractivity contribution is 6.28. The van der Waals surface area contributed by atoms with Crippen LogP contribution in [0.15, 0.2) is 495 Å². The summed E-state index contributed by atoms with van der Waals surface area (Å²) in [7, 11) is 0. The molecule has 0 spiro atoms. The van der Waals surface area contributed by atoms with Gasteiger partial charge in [0.05, 0.1) is 72.0 Å². The van der Waals surface area contributed by atoms with Crippen LogP contribution in [-0.4, -0.2) is 48.2 Å². The fourth-order valence-corrected chi connectivity index (χ4v) is 20.4. The summed E-state index contributed by atoms with van der Waals surface area (Å²) in [4.78, 5) is 28.5. The SMILES string of the molecule is c1ccc(-c2cc(-c3ccccc3)nc(-c3cccc(-c4ccc5c6c7oc8ccccc8c7ccc6n(-c6ccccc6)c5c4)c3)n2)cc1.c1ccc(-c2ccnc(-c3cccc(-c4ccc5c6c7oc8ccccc8c7ccc6n(-c6ccccc6)c5c4)c3)n2)cc1.c1ccc(-n2c3cc(-c4ccc(-c5ncccn5)cc4)ccc3c3c2ccc2c4ccccc4n(-c4ccccc4)c23)cc1. The molecule has 9 heterocycles. The topological polar surface area (TPSA) is 123 Å². The Hall–Kier alpha value is -18.8. The molecule has 0 aliphatic heterocycles. The minimum absolute atomic E-state index is 0.693. The van der Waals surface area contributed by atoms with Crippen molar-refractivity contribution in [2.45, 2.75) is 0 Å². The summed E-state index contributed by atoms with van der Waals surface area (Å²) >= 11 is 0. The van der Waals surface area contributed by atoms with Gasteiger partial charge in [-0.1, -0.05) is 322 Å². The van der Waals surface area contributed by atoms with Gasteiger partial charge in [-0.15, -0.1) is 0 Å². The summed E-state index contributed by atoms with van der Waals surface area (Å²) in [5, 5.41) is 14.1. The first-order chi connectivity index (χ1) is 68.4. The highest BCUT2D eigenvalue weighted by atomic mass is 16.3. The number of furan rings is 2. The zero-order valence-electron chi connectivity index (χ0n) is 74.5. The molecular formula is C126H80N10O2. The minimum Gasteiger partial charge on any atom is -0.455 e. The third kappa shape index (κ3) is 14.0. The molecule has 0 aliphatic rings. The molecule has 0 bridgehead atoms. The fourth-order valence-electron chi connectivity index (χ4n) is 20.4. The molecule has 28 aromatic rings. The second-order valence-corrected chi connectivity index (χ2v) is 34.8. The molecule has 19 aromatic carbocycles. The quantitative estimate of drug-likeness (QED) is 0.112. The summed E-state index contributed by atoms with van der Waals surface area (Å²) in [6, 6.07) is 164. The summed E-state index contributed by atoms with van der Waals surface area (Å²) < 4.78 is 22.6. The van der Waals surface area contributed by atoms with Crippen molar-refractivity contribution in [1.29, 1.82) is 0 Å². The van der Waals surface area contributed by atoms with Crippen molar-refractivity contribution >= 4 is 131 Å². The maximum atomic E-state index is 6.56. The van der Waals surface area contributed by atoms with Crippen molar-refractivity contribution in [3.63, 3.8) is 0 Å². The zero-order valence-corrected chi connectivity index (χ0v) is 74.5. The molecule has 0 amide bonds. The summed E-state index contributed by atoms with van der Waals surface area (Å²) in [5.41, 5.74) is 33.0. The summed E-state index contributed by atoms with van der Waals surface area (Å²) in [6.45, 7) is 0. The minimum atomic E-state index is 0.693. The molecule has 0 saturated carbocycles. The monoisotopic (exact) mass is 1760 g/mol. The molecule has 0 atom stereocenters. The maximum absolute atomic E-state index is 6.56. The average molecular weight is 1770 g/mol. The van der Waals surface area contributed by atoms with E-state index in [0.717, 1.165) is 200 Å². The Balaban J connectivity index is 0.000000107. The standard InChI is InChI=1S/C46H29N3O.C40H26N4.C40H25N3O/c1-4-13-30(14-5-1)39-29-40(31-15-6-2-7-16-31)48-46(47-39)34-18-12-17-32(27-34)33-23-24-38-42(28-33)49(35-19-8-3-9-20-35)41-26-25-37-36-21-10-11-22-43(36)50-45(37)44(38)41;1-3-10-30(11-4-1)43-36-23-22-33-32-14-7-8-15-35(32)44(31-12-5-2-6-13-31)39(33)38(36)34-21-20-29(26-37(34)43)27-16-18-28(19-17-27)40-41-24-9-25-42-40;1-3-10-26(11-4-1)34-22-23-41-40(42-34)29-13-9-12-27(24-29)28-18-19-33-36(25-28)43(30-14-5-2-6-15-30)35-21-20-32-31-16-7-8-17-37(31)44-39(32)38(33)35/h1-29H;1-26H;1-25H. The van der Waals surface area contributed by atoms with Gasteiger partial charge in [-0.2, -0.15) is 0 Å². The lowest BCUT2D eigenvalue weighted by atomic mass is 10.0. The number of nitrogens with zero attached hydrogens (tertiary/aromatic N) is 10. The van der Waals surface area contributed by atoms with Crippen molar-refractivity contribution in [1.82, 2.24) is 48.2 Å². The number of fused-ring (bicyclic) bond motifs is 21. The molecule has 0 N–H and O–H groups in total. The van der Waals surface area contributed by atoms with Gasteiger partial charge in [0, 0.05) is 129 Å². The average Bonchev–Trinajstić information content (AvgIpc) is 1.37. The first-order valence-corrected chi connectivity index (χ1v) is 46.4. The smallest absolute Gasteiger partial charge is 0.160 e. The van der Waals surface area contributed by atoms with E-state index in [9.17, 15) is 0 Å². The van der Waals surface area contributed by atoms with E-state index in [1.165, 1.54) is 43.6 Å². The van der Waals surface area contributed by atoms with E-state index in [2.05, 4.69) is 409 Å². The summed E-state index contributed by atoms with van der Waals surface area (Å²) in [5.74, 6) is 2.13. The van der Waals surface area contributed by atoms with Crippen molar-refractivity contribution in [2.24, 2.45) is 0 Å². The number of benzene rings is 19. The Bertz CT molecular complexity index is 9490. The van der Waals surface area contributed by atoms with Gasteiger partial charge in [0.25, 0.3) is 0 Å². The van der Waals surface area contributed by atoms with Crippen LogP contribution in [0.1, 0.15) is 0 Å². The molecule has 28 rings (SSSR count). The number of aromatic nitrogens is 10. The molecule has 12 nitrogen and oxygen atoms in total. The van der Waals surface area contributed by atoms with E-state index in [1.54, 1.807) is 12.4 Å². The lowest BCUT2D eigenvalue weighted by molar-refractivity contribution is 0.672. The number of hydrogen-bond donors (Lipinski definition) is 0. The van der Waals surface area contributed by atoms with Crippen molar-refractivity contribution in [3.8, 4) is 124 Å². The van der Waals surface area contributed by atoms with E-state index < -0.39 is 0 Å². The van der Waals surface area contributed by atoms with Crippen molar-refractivity contribution in [2.75, 3.05) is 0 Å². The lowest BCUT2D eigenvalue weighted by Crippen LogP contribution is -1.96. The fraction of sp³-hybridized carbons (Fsp3) is 0. The molecule has 0 saturated heterocycles. The van der Waals surface area contributed by atoms with Crippen molar-refractivity contribution in [3.05, 3.63) is 486 Å². The van der Waals surface area contributed by atoms with E-state index in [4.69, 9.17) is 23.8 Å². The Kier molecular flexibility index (Phi) is 19.6. The highest BCUT2D eigenvalue weighted by Crippen LogP contribution is 2.48. The van der Waals surface area contributed by atoms with Crippen LogP contribution in [0, 0.1) is 0 Å². The number of rotatable bonds is 13. The van der Waals surface area contributed by atoms with Crippen LogP contribution < -0.4 is 0 Å². The van der Waals surface area contributed by atoms with E-state index >= 15 is 0 Å². The number of para-hydroxylation sites is 7. The highest BCUT2D eigenvalue weighted by Gasteiger charge is 2.26. The zero-order chi connectivity index (χ0) is 91.1. The van der Waals surface area contributed by atoms with Crippen LogP contribution in [0.3, 0.4) is 0 Å². The summed E-state index contributed by atoms with van der Waals surface area (Å²) in [6.07, 6.45) is 5.39. The molecule has 0 unspecified atom stereocenters. The molecule has 9 aromatic heterocycles. The van der Waals surface area contributed by atoms with Crippen LogP contribution in [0.4, 0.5) is 0 Å². The molecular weight excluding hydrogens is 1690 g/mol. The third-order valence-corrected chi connectivity index (χ3v) is 26.7. The van der Waals surface area contributed by atoms with Crippen LogP contribution in [-0.2, 0) is 0 Å².